The van der Waals surface area contributed by atoms with E-state index in [9.17, 15) is 0 Å². The van der Waals surface area contributed by atoms with E-state index in [0.717, 1.165) is 19.6 Å². The second-order valence-corrected chi connectivity index (χ2v) is 5.84. The molecule has 0 unspecified atom stereocenters. The summed E-state index contributed by atoms with van der Waals surface area (Å²) in [7, 11) is 0. The Labute approximate surface area is 135 Å². The SMILES string of the molecule is CCN(CC)CC=C(c1ccc(C)cc1)c1ccc(C)cc1. The van der Waals surface area contributed by atoms with Crippen LogP contribution in [0.2, 0.25) is 0 Å². The Morgan fingerprint density at radius 1 is 0.773 bits per heavy atom. The van der Waals surface area contributed by atoms with Crippen LogP contribution >= 0.6 is 0 Å². The van der Waals surface area contributed by atoms with Crippen LogP contribution in [0.4, 0.5) is 0 Å². The fourth-order valence-electron chi connectivity index (χ4n) is 2.57. The number of aryl methyl sites for hydroxylation is 2. The van der Waals surface area contributed by atoms with Gasteiger partial charge in [-0.1, -0.05) is 79.6 Å². The van der Waals surface area contributed by atoms with Crippen molar-refractivity contribution in [1.29, 1.82) is 0 Å². The normalized spacial score (nSPS) is 10.8. The van der Waals surface area contributed by atoms with Crippen LogP contribution in [0.1, 0.15) is 36.1 Å². The van der Waals surface area contributed by atoms with Crippen molar-refractivity contribution in [2.45, 2.75) is 27.7 Å². The summed E-state index contributed by atoms with van der Waals surface area (Å²) in [4.78, 5) is 2.43. The van der Waals surface area contributed by atoms with Crippen molar-refractivity contribution < 1.29 is 0 Å². The summed E-state index contributed by atoms with van der Waals surface area (Å²) in [6, 6.07) is 17.7. The molecule has 0 N–H and O–H groups in total. The number of nitrogens with zero attached hydrogens (tertiary/aromatic N) is 1. The second-order valence-electron chi connectivity index (χ2n) is 5.84. The van der Waals surface area contributed by atoms with Crippen LogP contribution in [-0.4, -0.2) is 24.5 Å². The third kappa shape index (κ3) is 4.32. The van der Waals surface area contributed by atoms with Gasteiger partial charge in [0.1, 0.15) is 0 Å². The summed E-state index contributed by atoms with van der Waals surface area (Å²) in [5.41, 5.74) is 6.52. The summed E-state index contributed by atoms with van der Waals surface area (Å²) in [6.45, 7) is 11.9. The summed E-state index contributed by atoms with van der Waals surface area (Å²) < 4.78 is 0. The third-order valence-corrected chi connectivity index (χ3v) is 4.17. The van der Waals surface area contributed by atoms with Crippen LogP contribution in [0, 0.1) is 13.8 Å². The molecule has 1 heteroatoms. The third-order valence-electron chi connectivity index (χ3n) is 4.17. The van der Waals surface area contributed by atoms with E-state index >= 15 is 0 Å². The van der Waals surface area contributed by atoms with Gasteiger partial charge in [-0.2, -0.15) is 0 Å². The average molecular weight is 293 g/mol. The minimum atomic E-state index is 0.990. The summed E-state index contributed by atoms with van der Waals surface area (Å²) >= 11 is 0. The standard InChI is InChI=1S/C21H27N/c1-5-22(6-2)16-15-21(19-11-7-17(3)8-12-19)20-13-9-18(4)10-14-20/h7-15H,5-6,16H2,1-4H3. The Hall–Kier alpha value is -1.86. The van der Waals surface area contributed by atoms with Crippen LogP contribution < -0.4 is 0 Å². The van der Waals surface area contributed by atoms with Crippen molar-refractivity contribution >= 4 is 5.57 Å². The maximum absolute atomic E-state index is 2.43. The molecule has 116 valence electrons. The van der Waals surface area contributed by atoms with Crippen molar-refractivity contribution in [1.82, 2.24) is 4.90 Å². The van der Waals surface area contributed by atoms with Gasteiger partial charge >= 0.3 is 0 Å². The highest BCUT2D eigenvalue weighted by molar-refractivity contribution is 5.80. The molecule has 0 spiro atoms. The first-order valence-electron chi connectivity index (χ1n) is 8.20. The highest BCUT2D eigenvalue weighted by atomic mass is 15.1. The summed E-state index contributed by atoms with van der Waals surface area (Å²) in [5, 5.41) is 0. The van der Waals surface area contributed by atoms with Gasteiger partial charge in [0.2, 0.25) is 0 Å². The molecule has 2 rings (SSSR count). The highest BCUT2D eigenvalue weighted by Crippen LogP contribution is 2.24. The molecule has 22 heavy (non-hydrogen) atoms. The minimum Gasteiger partial charge on any atom is -0.300 e. The summed E-state index contributed by atoms with van der Waals surface area (Å²) in [6.07, 6.45) is 2.36. The molecule has 0 bridgehead atoms. The number of hydrogen-bond donors (Lipinski definition) is 0. The first kappa shape index (κ1) is 16.5. The van der Waals surface area contributed by atoms with E-state index in [1.54, 1.807) is 0 Å². The molecule has 0 radical (unpaired) electrons. The van der Waals surface area contributed by atoms with E-state index in [4.69, 9.17) is 0 Å². The van der Waals surface area contributed by atoms with Crippen LogP contribution in [0.25, 0.3) is 5.57 Å². The molecule has 0 aliphatic heterocycles. The van der Waals surface area contributed by atoms with E-state index in [1.165, 1.54) is 27.8 Å². The predicted octanol–water partition coefficient (Wildman–Crippen LogP) is 5.08. The molecule has 0 atom stereocenters. The largest absolute Gasteiger partial charge is 0.300 e. The Balaban J connectivity index is 2.37. The molecule has 1 nitrogen and oxygen atoms in total. The molecule has 2 aromatic carbocycles. The van der Waals surface area contributed by atoms with Crippen LogP contribution in [0.15, 0.2) is 54.6 Å². The van der Waals surface area contributed by atoms with Crippen LogP contribution in [0.3, 0.4) is 0 Å². The van der Waals surface area contributed by atoms with Gasteiger partial charge in [-0.05, 0) is 43.6 Å². The van der Waals surface area contributed by atoms with Crippen molar-refractivity contribution in [2.75, 3.05) is 19.6 Å². The van der Waals surface area contributed by atoms with E-state index in [1.807, 2.05) is 0 Å². The first-order valence-corrected chi connectivity index (χ1v) is 8.20. The molecular formula is C21H27N. The van der Waals surface area contributed by atoms with Crippen LogP contribution in [0.5, 0.6) is 0 Å². The first-order chi connectivity index (χ1) is 10.6. The molecule has 0 fully saturated rings. The molecule has 0 aromatic heterocycles. The zero-order chi connectivity index (χ0) is 15.9. The van der Waals surface area contributed by atoms with E-state index in [-0.39, 0.29) is 0 Å². The lowest BCUT2D eigenvalue weighted by atomic mass is 9.96. The fourth-order valence-corrected chi connectivity index (χ4v) is 2.57. The van der Waals surface area contributed by atoms with Crippen molar-refractivity contribution in [3.05, 3.63) is 76.9 Å². The van der Waals surface area contributed by atoms with Crippen molar-refractivity contribution in [2.24, 2.45) is 0 Å². The number of likely N-dealkylation sites (N-methyl/N-ethyl adjacent to an activating group) is 1. The number of benzene rings is 2. The van der Waals surface area contributed by atoms with E-state index in [2.05, 4.69) is 87.2 Å². The average Bonchev–Trinajstić information content (AvgIpc) is 2.54. The second kappa shape index (κ2) is 7.95. The smallest absolute Gasteiger partial charge is 0.0172 e. The lowest BCUT2D eigenvalue weighted by molar-refractivity contribution is 0.337. The topological polar surface area (TPSA) is 3.24 Å². The zero-order valence-electron chi connectivity index (χ0n) is 14.3. The van der Waals surface area contributed by atoms with Gasteiger partial charge in [0.15, 0.2) is 0 Å². The van der Waals surface area contributed by atoms with E-state index in [0.29, 0.717) is 0 Å². The predicted molar refractivity (Wildman–Crippen MR) is 97.2 cm³/mol. The van der Waals surface area contributed by atoms with E-state index < -0.39 is 0 Å². The van der Waals surface area contributed by atoms with Gasteiger partial charge in [-0.25, -0.2) is 0 Å². The van der Waals surface area contributed by atoms with Crippen molar-refractivity contribution in [3.63, 3.8) is 0 Å². The zero-order valence-corrected chi connectivity index (χ0v) is 14.3. The van der Waals surface area contributed by atoms with Gasteiger partial charge < -0.3 is 4.90 Å². The quantitative estimate of drug-likeness (QED) is 0.718. The number of rotatable bonds is 6. The van der Waals surface area contributed by atoms with Crippen LogP contribution in [-0.2, 0) is 0 Å². The maximum Gasteiger partial charge on any atom is 0.0172 e. The maximum atomic E-state index is 2.43. The minimum absolute atomic E-state index is 0.990. The van der Waals surface area contributed by atoms with Gasteiger partial charge in [0.05, 0.1) is 0 Å². The molecule has 0 aliphatic carbocycles. The van der Waals surface area contributed by atoms with Gasteiger partial charge in [-0.3, -0.25) is 0 Å². The van der Waals surface area contributed by atoms with Crippen molar-refractivity contribution in [3.8, 4) is 0 Å². The monoisotopic (exact) mass is 293 g/mol. The lowest BCUT2D eigenvalue weighted by Crippen LogP contribution is -2.22. The molecular weight excluding hydrogens is 266 g/mol. The fraction of sp³-hybridized carbons (Fsp3) is 0.333. The Kier molecular flexibility index (Phi) is 5.97. The lowest BCUT2D eigenvalue weighted by Gasteiger charge is -2.17. The summed E-state index contributed by atoms with van der Waals surface area (Å²) in [5.74, 6) is 0. The molecule has 2 aromatic rings. The Morgan fingerprint density at radius 3 is 1.55 bits per heavy atom. The Morgan fingerprint density at radius 2 is 1.18 bits per heavy atom. The van der Waals surface area contributed by atoms with Gasteiger partial charge in [0, 0.05) is 6.54 Å². The molecule has 0 heterocycles. The molecule has 0 saturated heterocycles. The molecule has 0 aliphatic rings. The van der Waals surface area contributed by atoms with Gasteiger partial charge in [0.25, 0.3) is 0 Å². The highest BCUT2D eigenvalue weighted by Gasteiger charge is 2.06. The molecule has 0 saturated carbocycles. The molecule has 0 amide bonds. The van der Waals surface area contributed by atoms with Gasteiger partial charge in [-0.15, -0.1) is 0 Å². The number of hydrogen-bond acceptors (Lipinski definition) is 1. The Bertz CT molecular complexity index is 554.